The first-order chi connectivity index (χ1) is 5.82. The molecule has 0 saturated carbocycles. The number of hydrogen-bond donors (Lipinski definition) is 0. The van der Waals surface area contributed by atoms with Gasteiger partial charge in [-0.05, 0) is 12.1 Å². The molecule has 0 spiro atoms. The first-order valence-electron chi connectivity index (χ1n) is 4.46. The van der Waals surface area contributed by atoms with Crippen LogP contribution >= 0.6 is 0 Å². The molecule has 13 heavy (non-hydrogen) atoms. The van der Waals surface area contributed by atoms with Crippen molar-refractivity contribution >= 4 is 13.3 Å². The van der Waals surface area contributed by atoms with E-state index >= 15 is 0 Å². The van der Waals surface area contributed by atoms with E-state index in [1.807, 2.05) is 13.8 Å². The zero-order valence-electron chi connectivity index (χ0n) is 9.06. The molecule has 0 radical (unpaired) electrons. The topological polar surface area (TPSA) is 26.0 Å². The molecule has 1 heterocycles. The van der Waals surface area contributed by atoms with Gasteiger partial charge in [0.2, 0.25) is 0 Å². The van der Waals surface area contributed by atoms with Crippen LogP contribution in [0, 0.1) is 13.8 Å². The lowest BCUT2D eigenvalue weighted by Crippen LogP contribution is -2.22. The lowest BCUT2D eigenvalue weighted by molar-refractivity contribution is 0.494. The largest absolute Gasteiger partial charge is 0.446 e. The fraction of sp³-hybridized carbons (Fsp3) is 0.500. The standard InChI is InChI=1S/C10H17NOSi/c1-7-10(11-9(3)12-7)8(2)13(4,5)6/h2H2,1,3-6H3. The molecule has 0 aliphatic rings. The van der Waals surface area contributed by atoms with Gasteiger partial charge in [0.25, 0.3) is 0 Å². The Balaban J connectivity index is 3.09. The summed E-state index contributed by atoms with van der Waals surface area (Å²) < 4.78 is 5.38. The van der Waals surface area contributed by atoms with Gasteiger partial charge in [-0.25, -0.2) is 4.98 Å². The number of nitrogens with zero attached hydrogens (tertiary/aromatic N) is 1. The summed E-state index contributed by atoms with van der Waals surface area (Å²) in [4.78, 5) is 4.35. The minimum atomic E-state index is -1.34. The van der Waals surface area contributed by atoms with E-state index < -0.39 is 8.07 Å². The molecule has 0 aliphatic carbocycles. The van der Waals surface area contributed by atoms with Gasteiger partial charge in [0.05, 0.1) is 8.07 Å². The summed E-state index contributed by atoms with van der Waals surface area (Å²) in [5.41, 5.74) is 0.969. The van der Waals surface area contributed by atoms with E-state index in [4.69, 9.17) is 4.42 Å². The second kappa shape index (κ2) is 3.14. The van der Waals surface area contributed by atoms with Gasteiger partial charge < -0.3 is 4.42 Å². The van der Waals surface area contributed by atoms with Gasteiger partial charge >= 0.3 is 0 Å². The molecule has 0 bridgehead atoms. The maximum absolute atomic E-state index is 5.38. The van der Waals surface area contributed by atoms with Crippen LogP contribution in [0.15, 0.2) is 11.0 Å². The van der Waals surface area contributed by atoms with Crippen LogP contribution in [-0.4, -0.2) is 13.1 Å². The number of oxazole rings is 1. The predicted molar refractivity (Wildman–Crippen MR) is 58.4 cm³/mol. The Morgan fingerprint density at radius 2 is 1.85 bits per heavy atom. The molecule has 1 aromatic heterocycles. The molecule has 0 aromatic carbocycles. The highest BCUT2D eigenvalue weighted by Gasteiger charge is 2.23. The van der Waals surface area contributed by atoms with Crippen molar-refractivity contribution in [3.8, 4) is 0 Å². The molecule has 0 N–H and O–H groups in total. The summed E-state index contributed by atoms with van der Waals surface area (Å²) in [7, 11) is -1.34. The summed E-state index contributed by atoms with van der Waals surface area (Å²) >= 11 is 0. The van der Waals surface area contributed by atoms with Crippen LogP contribution in [0.1, 0.15) is 17.3 Å². The number of hydrogen-bond acceptors (Lipinski definition) is 2. The molecule has 0 saturated heterocycles. The van der Waals surface area contributed by atoms with Crippen molar-refractivity contribution in [2.24, 2.45) is 0 Å². The van der Waals surface area contributed by atoms with Crippen molar-refractivity contribution in [1.29, 1.82) is 0 Å². The number of aromatic nitrogens is 1. The van der Waals surface area contributed by atoms with Crippen LogP contribution in [0.2, 0.25) is 19.6 Å². The third-order valence-corrected chi connectivity index (χ3v) is 4.14. The molecule has 0 atom stereocenters. The first-order valence-corrected chi connectivity index (χ1v) is 7.96. The fourth-order valence-corrected chi connectivity index (χ4v) is 2.11. The Bertz CT molecular complexity index is 333. The van der Waals surface area contributed by atoms with Crippen molar-refractivity contribution in [3.63, 3.8) is 0 Å². The van der Waals surface area contributed by atoms with Gasteiger partial charge in [0.15, 0.2) is 5.89 Å². The minimum Gasteiger partial charge on any atom is -0.446 e. The van der Waals surface area contributed by atoms with Crippen LogP contribution in [0.25, 0.3) is 5.20 Å². The third kappa shape index (κ3) is 2.09. The van der Waals surface area contributed by atoms with E-state index in [9.17, 15) is 0 Å². The lowest BCUT2D eigenvalue weighted by Gasteiger charge is -2.17. The van der Waals surface area contributed by atoms with Crippen molar-refractivity contribution in [2.45, 2.75) is 33.5 Å². The maximum atomic E-state index is 5.38. The van der Waals surface area contributed by atoms with E-state index in [-0.39, 0.29) is 0 Å². The molecule has 2 nitrogen and oxygen atoms in total. The molecule has 0 amide bonds. The molecule has 0 aliphatic heterocycles. The first kappa shape index (κ1) is 10.2. The summed E-state index contributed by atoms with van der Waals surface area (Å²) in [6.07, 6.45) is 0. The minimum absolute atomic E-state index is 0.729. The fourth-order valence-electron chi connectivity index (χ4n) is 1.16. The Labute approximate surface area is 80.7 Å². The van der Waals surface area contributed by atoms with Gasteiger partial charge in [0, 0.05) is 6.92 Å². The smallest absolute Gasteiger partial charge is 0.191 e. The average Bonchev–Trinajstić information content (AvgIpc) is 2.26. The Morgan fingerprint density at radius 3 is 2.15 bits per heavy atom. The number of rotatable bonds is 2. The van der Waals surface area contributed by atoms with Crippen molar-refractivity contribution in [1.82, 2.24) is 4.98 Å². The highest BCUT2D eigenvalue weighted by molar-refractivity contribution is 6.93. The van der Waals surface area contributed by atoms with E-state index in [1.54, 1.807) is 0 Å². The Hall–Kier alpha value is -0.833. The Kier molecular flexibility index (Phi) is 2.48. The normalized spacial score (nSPS) is 11.8. The molecule has 1 rings (SSSR count). The third-order valence-electron chi connectivity index (χ3n) is 2.09. The molecule has 3 heteroatoms. The average molecular weight is 195 g/mol. The molecular formula is C10H17NOSi. The molecule has 0 fully saturated rings. The highest BCUT2D eigenvalue weighted by Crippen LogP contribution is 2.25. The monoisotopic (exact) mass is 195 g/mol. The zero-order chi connectivity index (χ0) is 10.2. The van der Waals surface area contributed by atoms with Crippen molar-refractivity contribution < 1.29 is 4.42 Å². The van der Waals surface area contributed by atoms with E-state index in [2.05, 4.69) is 31.2 Å². The van der Waals surface area contributed by atoms with Gasteiger partial charge in [-0.3, -0.25) is 0 Å². The Morgan fingerprint density at radius 1 is 1.31 bits per heavy atom. The second-order valence-corrected chi connectivity index (χ2v) is 9.47. The second-order valence-electron chi connectivity index (χ2n) is 4.37. The van der Waals surface area contributed by atoms with Crippen LogP contribution in [-0.2, 0) is 0 Å². The molecule has 0 unspecified atom stereocenters. The van der Waals surface area contributed by atoms with Gasteiger partial charge in [-0.15, -0.1) is 0 Å². The van der Waals surface area contributed by atoms with Gasteiger partial charge in [-0.2, -0.15) is 0 Å². The SMILES string of the molecule is C=C(c1nc(C)oc1C)[Si](C)(C)C. The highest BCUT2D eigenvalue weighted by atomic mass is 28.3. The summed E-state index contributed by atoms with van der Waals surface area (Å²) in [6.45, 7) is 14.7. The van der Waals surface area contributed by atoms with E-state index in [0.717, 1.165) is 17.3 Å². The van der Waals surface area contributed by atoms with Gasteiger partial charge in [-0.1, -0.05) is 26.2 Å². The van der Waals surface area contributed by atoms with Crippen LogP contribution in [0.3, 0.4) is 0 Å². The number of aryl methyl sites for hydroxylation is 2. The molecular weight excluding hydrogens is 178 g/mol. The van der Waals surface area contributed by atoms with Crippen LogP contribution in [0.5, 0.6) is 0 Å². The van der Waals surface area contributed by atoms with Crippen molar-refractivity contribution in [2.75, 3.05) is 0 Å². The molecule has 72 valence electrons. The predicted octanol–water partition coefficient (Wildman–Crippen LogP) is 3.18. The van der Waals surface area contributed by atoms with E-state index in [1.165, 1.54) is 5.20 Å². The lowest BCUT2D eigenvalue weighted by atomic mass is 10.3. The van der Waals surface area contributed by atoms with Crippen LogP contribution in [0.4, 0.5) is 0 Å². The van der Waals surface area contributed by atoms with Crippen molar-refractivity contribution in [3.05, 3.63) is 23.9 Å². The quantitative estimate of drug-likeness (QED) is 0.677. The van der Waals surface area contributed by atoms with Crippen LogP contribution < -0.4 is 0 Å². The maximum Gasteiger partial charge on any atom is 0.191 e. The summed E-state index contributed by atoms with van der Waals surface area (Å²) in [6, 6.07) is 0. The summed E-state index contributed by atoms with van der Waals surface area (Å²) in [5.74, 6) is 1.62. The van der Waals surface area contributed by atoms with Gasteiger partial charge in [0.1, 0.15) is 11.5 Å². The zero-order valence-corrected chi connectivity index (χ0v) is 10.1. The molecule has 1 aromatic rings. The summed E-state index contributed by atoms with van der Waals surface area (Å²) in [5, 5.41) is 1.17. The van der Waals surface area contributed by atoms with E-state index in [0.29, 0.717) is 0 Å².